The molecule has 0 saturated heterocycles. The summed E-state index contributed by atoms with van der Waals surface area (Å²) in [4.78, 5) is 20.5. The molecule has 1 N–H and O–H groups in total. The Morgan fingerprint density at radius 3 is 2.56 bits per heavy atom. The van der Waals surface area contributed by atoms with E-state index < -0.39 is 5.97 Å². The lowest BCUT2D eigenvalue weighted by atomic mass is 9.81. The Morgan fingerprint density at radius 1 is 1.78 bits per heavy atom. The molecule has 3 nitrogen and oxygen atoms in total. The second-order valence-electron chi connectivity index (χ2n) is 2.30. The van der Waals surface area contributed by atoms with Gasteiger partial charge in [0, 0.05) is 12.3 Å². The third-order valence-electron chi connectivity index (χ3n) is 1.62. The van der Waals surface area contributed by atoms with Crippen LogP contribution in [0.3, 0.4) is 0 Å². The zero-order valence-electron chi connectivity index (χ0n) is 4.96. The summed E-state index contributed by atoms with van der Waals surface area (Å²) >= 11 is 0. The summed E-state index contributed by atoms with van der Waals surface area (Å²) in [5, 5.41) is 8.21. The maximum Gasteiger partial charge on any atom is 0.304 e. The Bertz CT molecular complexity index is 150. The molecule has 1 aliphatic rings. The van der Waals surface area contributed by atoms with E-state index >= 15 is 0 Å². The van der Waals surface area contributed by atoms with E-state index in [0.717, 1.165) is 6.42 Å². The minimum atomic E-state index is -0.868. The van der Waals surface area contributed by atoms with Crippen molar-refractivity contribution in [2.45, 2.75) is 19.3 Å². The van der Waals surface area contributed by atoms with Gasteiger partial charge in [0.2, 0.25) is 0 Å². The van der Waals surface area contributed by atoms with Crippen molar-refractivity contribution in [3.8, 4) is 0 Å². The molecule has 0 aromatic rings. The van der Waals surface area contributed by atoms with Crippen LogP contribution in [0.5, 0.6) is 0 Å². The minimum absolute atomic E-state index is 0.0266. The fraction of sp³-hybridized carbons (Fsp3) is 0.667. The number of carbonyl (C=O) groups is 2. The highest BCUT2D eigenvalue weighted by molar-refractivity contribution is 5.89. The third kappa shape index (κ3) is 1.28. The Kier molecular flexibility index (Phi) is 1.51. The van der Waals surface area contributed by atoms with E-state index in [0.29, 0.717) is 6.42 Å². The number of carboxylic acid groups (broad SMARTS) is 1. The fourth-order valence-corrected chi connectivity index (χ4v) is 0.893. The number of hydrogen-bond donors (Lipinski definition) is 1. The van der Waals surface area contributed by atoms with Crippen molar-refractivity contribution in [3.63, 3.8) is 0 Å². The summed E-state index contributed by atoms with van der Waals surface area (Å²) in [5.74, 6) is -0.923. The van der Waals surface area contributed by atoms with E-state index in [4.69, 9.17) is 5.11 Å². The van der Waals surface area contributed by atoms with Crippen LogP contribution in [0.1, 0.15) is 19.3 Å². The van der Waals surface area contributed by atoms with Crippen LogP contribution >= 0.6 is 0 Å². The number of rotatable bonds is 2. The number of aliphatic carboxylic acids is 1. The predicted molar refractivity (Wildman–Crippen MR) is 30.0 cm³/mol. The Balaban J connectivity index is 2.29. The van der Waals surface area contributed by atoms with Gasteiger partial charge in [-0.1, -0.05) is 0 Å². The summed E-state index contributed by atoms with van der Waals surface area (Å²) < 4.78 is 0. The zero-order valence-corrected chi connectivity index (χ0v) is 4.96. The number of carboxylic acids is 1. The van der Waals surface area contributed by atoms with E-state index in [9.17, 15) is 9.59 Å². The van der Waals surface area contributed by atoms with Gasteiger partial charge in [0.15, 0.2) is 0 Å². The molecule has 0 amide bonds. The van der Waals surface area contributed by atoms with Gasteiger partial charge in [0.1, 0.15) is 5.78 Å². The molecule has 9 heavy (non-hydrogen) atoms. The molecule has 0 heterocycles. The van der Waals surface area contributed by atoms with Crippen LogP contribution in [0, 0.1) is 5.92 Å². The molecule has 50 valence electrons. The molecule has 0 spiro atoms. The van der Waals surface area contributed by atoms with Crippen LogP contribution in [-0.2, 0) is 9.59 Å². The van der Waals surface area contributed by atoms with Gasteiger partial charge in [-0.3, -0.25) is 9.59 Å². The molecule has 0 radical (unpaired) electrons. The Morgan fingerprint density at radius 2 is 2.44 bits per heavy atom. The predicted octanol–water partition coefficient (Wildman–Crippen LogP) is 0.440. The lowest BCUT2D eigenvalue weighted by Crippen LogP contribution is -2.27. The summed E-state index contributed by atoms with van der Waals surface area (Å²) in [6.07, 6.45) is 1.38. The molecule has 0 aliphatic heterocycles. The zero-order chi connectivity index (χ0) is 6.85. The van der Waals surface area contributed by atoms with Crippen molar-refractivity contribution in [1.29, 1.82) is 0 Å². The standard InChI is InChI=1S/C6H8O3/c7-5-2-1-4(5)3-6(8)9/h4H,1-3H2,(H,8,9). The largest absolute Gasteiger partial charge is 0.481 e. The lowest BCUT2D eigenvalue weighted by Gasteiger charge is -2.21. The Labute approximate surface area is 52.7 Å². The third-order valence-corrected chi connectivity index (χ3v) is 1.62. The SMILES string of the molecule is O=C(O)CC1CCC1=O. The van der Waals surface area contributed by atoms with E-state index in [1.165, 1.54) is 0 Å². The molecular formula is C6H8O3. The highest BCUT2D eigenvalue weighted by atomic mass is 16.4. The first-order valence-corrected chi connectivity index (χ1v) is 2.94. The highest BCUT2D eigenvalue weighted by Gasteiger charge is 2.29. The summed E-state index contributed by atoms with van der Waals surface area (Å²) in [5.41, 5.74) is 0. The van der Waals surface area contributed by atoms with Crippen LogP contribution < -0.4 is 0 Å². The quantitative estimate of drug-likeness (QED) is 0.587. The first kappa shape index (κ1) is 6.26. The lowest BCUT2D eigenvalue weighted by molar-refractivity contribution is -0.143. The van der Waals surface area contributed by atoms with Crippen molar-refractivity contribution >= 4 is 11.8 Å². The normalized spacial score (nSPS) is 25.3. The molecular weight excluding hydrogens is 120 g/mol. The molecule has 0 aromatic heterocycles. The molecule has 1 aliphatic carbocycles. The minimum Gasteiger partial charge on any atom is -0.481 e. The van der Waals surface area contributed by atoms with Crippen LogP contribution in [0.25, 0.3) is 0 Å². The van der Waals surface area contributed by atoms with E-state index in [1.807, 2.05) is 0 Å². The van der Waals surface area contributed by atoms with E-state index in [-0.39, 0.29) is 18.1 Å². The average Bonchev–Trinajstić information content (AvgIpc) is 1.79. The van der Waals surface area contributed by atoms with Crippen LogP contribution in [0.2, 0.25) is 0 Å². The second kappa shape index (κ2) is 2.17. The molecule has 3 heteroatoms. The van der Waals surface area contributed by atoms with Crippen LogP contribution in [0.4, 0.5) is 0 Å². The Hall–Kier alpha value is -0.860. The van der Waals surface area contributed by atoms with E-state index in [1.54, 1.807) is 0 Å². The molecule has 1 unspecified atom stereocenters. The molecule has 1 rings (SSSR count). The van der Waals surface area contributed by atoms with Gasteiger partial charge < -0.3 is 5.11 Å². The fourth-order valence-electron chi connectivity index (χ4n) is 0.893. The summed E-state index contributed by atoms with van der Waals surface area (Å²) in [6, 6.07) is 0. The van der Waals surface area contributed by atoms with Gasteiger partial charge in [-0.25, -0.2) is 0 Å². The van der Waals surface area contributed by atoms with Crippen LogP contribution in [-0.4, -0.2) is 16.9 Å². The van der Waals surface area contributed by atoms with Gasteiger partial charge in [-0.2, -0.15) is 0 Å². The van der Waals surface area contributed by atoms with Crippen LogP contribution in [0.15, 0.2) is 0 Å². The van der Waals surface area contributed by atoms with Gasteiger partial charge in [-0.15, -0.1) is 0 Å². The number of ketones is 1. The smallest absolute Gasteiger partial charge is 0.304 e. The first-order valence-electron chi connectivity index (χ1n) is 2.94. The second-order valence-corrected chi connectivity index (χ2v) is 2.30. The number of carbonyl (C=O) groups excluding carboxylic acids is 1. The summed E-state index contributed by atoms with van der Waals surface area (Å²) in [6.45, 7) is 0. The topological polar surface area (TPSA) is 54.4 Å². The average molecular weight is 128 g/mol. The van der Waals surface area contributed by atoms with Crippen molar-refractivity contribution in [3.05, 3.63) is 0 Å². The van der Waals surface area contributed by atoms with Gasteiger partial charge in [-0.05, 0) is 6.42 Å². The highest BCUT2D eigenvalue weighted by Crippen LogP contribution is 2.24. The van der Waals surface area contributed by atoms with Crippen molar-refractivity contribution < 1.29 is 14.7 Å². The van der Waals surface area contributed by atoms with Gasteiger partial charge in [0.25, 0.3) is 0 Å². The molecule has 0 aromatic carbocycles. The summed E-state index contributed by atoms with van der Waals surface area (Å²) in [7, 11) is 0. The molecule has 1 saturated carbocycles. The first-order chi connectivity index (χ1) is 4.20. The van der Waals surface area contributed by atoms with Crippen molar-refractivity contribution in [1.82, 2.24) is 0 Å². The molecule has 1 fully saturated rings. The maximum atomic E-state index is 10.5. The van der Waals surface area contributed by atoms with Gasteiger partial charge in [0.05, 0.1) is 6.42 Å². The molecule has 1 atom stereocenters. The van der Waals surface area contributed by atoms with Gasteiger partial charge >= 0.3 is 5.97 Å². The maximum absolute atomic E-state index is 10.5. The number of Topliss-reactive ketones (excluding diaryl/α,β-unsaturated/α-hetero) is 1. The van der Waals surface area contributed by atoms with E-state index in [2.05, 4.69) is 0 Å². The van der Waals surface area contributed by atoms with Crippen molar-refractivity contribution in [2.75, 3.05) is 0 Å². The monoisotopic (exact) mass is 128 g/mol. The number of hydrogen-bond acceptors (Lipinski definition) is 2. The van der Waals surface area contributed by atoms with Crippen molar-refractivity contribution in [2.24, 2.45) is 5.92 Å². The molecule has 0 bridgehead atoms.